The lowest BCUT2D eigenvalue weighted by molar-refractivity contribution is -0.123. The lowest BCUT2D eigenvalue weighted by Crippen LogP contribution is -2.30. The van der Waals surface area contributed by atoms with Gasteiger partial charge in [0.15, 0.2) is 6.10 Å². The van der Waals surface area contributed by atoms with Gasteiger partial charge >= 0.3 is 5.97 Å². The smallest absolute Gasteiger partial charge is 0.357 e. The number of amides is 1. The summed E-state index contributed by atoms with van der Waals surface area (Å²) in [5.74, 6) is -1.15. The molecular weight excluding hydrogens is 364 g/mol. The first kappa shape index (κ1) is 18.6. The summed E-state index contributed by atoms with van der Waals surface area (Å²) < 4.78 is 5.20. The average molecular weight is 381 g/mol. The quantitative estimate of drug-likeness (QED) is 0.657. The van der Waals surface area contributed by atoms with Gasteiger partial charge in [-0.1, -0.05) is 60.1 Å². The molecule has 6 heteroatoms. The van der Waals surface area contributed by atoms with Gasteiger partial charge < -0.3 is 10.1 Å². The number of para-hydroxylation sites is 1. The van der Waals surface area contributed by atoms with E-state index in [1.807, 2.05) is 48.5 Å². The van der Waals surface area contributed by atoms with E-state index in [-0.39, 0.29) is 5.69 Å². The van der Waals surface area contributed by atoms with Crippen LogP contribution in [0.1, 0.15) is 17.4 Å². The predicted molar refractivity (Wildman–Crippen MR) is 105 cm³/mol. The Hall–Kier alpha value is -3.18. The molecule has 0 unspecified atom stereocenters. The first-order valence-electron chi connectivity index (χ1n) is 8.32. The van der Waals surface area contributed by atoms with Gasteiger partial charge in [0, 0.05) is 22.5 Å². The van der Waals surface area contributed by atoms with E-state index < -0.39 is 18.0 Å². The van der Waals surface area contributed by atoms with Crippen LogP contribution in [-0.4, -0.2) is 23.0 Å². The van der Waals surface area contributed by atoms with E-state index in [0.717, 1.165) is 11.1 Å². The van der Waals surface area contributed by atoms with Crippen molar-refractivity contribution in [3.8, 4) is 11.1 Å². The van der Waals surface area contributed by atoms with Gasteiger partial charge in [-0.2, -0.15) is 0 Å². The molecule has 1 atom stereocenters. The predicted octanol–water partition coefficient (Wildman–Crippen LogP) is 4.59. The minimum absolute atomic E-state index is 0.0480. The SMILES string of the molecule is C[C@@H](OC(=O)c1cc(Cl)ccn1)C(=O)Nc1ccccc1-c1ccccc1. The highest BCUT2D eigenvalue weighted by molar-refractivity contribution is 6.30. The molecule has 0 saturated heterocycles. The number of ether oxygens (including phenoxy) is 1. The molecule has 2 aromatic carbocycles. The van der Waals surface area contributed by atoms with E-state index >= 15 is 0 Å². The summed E-state index contributed by atoms with van der Waals surface area (Å²) in [4.78, 5) is 28.5. The van der Waals surface area contributed by atoms with Gasteiger partial charge in [0.1, 0.15) is 5.69 Å². The number of halogens is 1. The number of rotatable bonds is 5. The van der Waals surface area contributed by atoms with Crippen molar-refractivity contribution >= 4 is 29.2 Å². The fourth-order valence-electron chi connectivity index (χ4n) is 2.49. The van der Waals surface area contributed by atoms with Crippen LogP contribution in [0.25, 0.3) is 11.1 Å². The summed E-state index contributed by atoms with van der Waals surface area (Å²) in [7, 11) is 0. The molecule has 5 nitrogen and oxygen atoms in total. The number of carbonyl (C=O) groups is 2. The zero-order chi connectivity index (χ0) is 19.2. The molecule has 1 N–H and O–H groups in total. The molecule has 3 rings (SSSR count). The Morgan fingerprint density at radius 1 is 1.04 bits per heavy atom. The van der Waals surface area contributed by atoms with Crippen LogP contribution in [0, 0.1) is 0 Å². The molecule has 0 spiro atoms. The van der Waals surface area contributed by atoms with Gasteiger partial charge in [0.25, 0.3) is 5.91 Å². The van der Waals surface area contributed by atoms with Crippen molar-refractivity contribution in [2.24, 2.45) is 0 Å². The number of nitrogens with zero attached hydrogens (tertiary/aromatic N) is 1. The Kier molecular flexibility index (Phi) is 5.84. The van der Waals surface area contributed by atoms with Crippen molar-refractivity contribution in [3.63, 3.8) is 0 Å². The number of hydrogen-bond donors (Lipinski definition) is 1. The third kappa shape index (κ3) is 4.71. The first-order valence-corrected chi connectivity index (χ1v) is 8.70. The summed E-state index contributed by atoms with van der Waals surface area (Å²) in [5, 5.41) is 3.18. The van der Waals surface area contributed by atoms with Crippen LogP contribution in [0.5, 0.6) is 0 Å². The van der Waals surface area contributed by atoms with Crippen molar-refractivity contribution < 1.29 is 14.3 Å². The minimum atomic E-state index is -0.998. The molecule has 1 heterocycles. The van der Waals surface area contributed by atoms with Crippen LogP contribution in [0.2, 0.25) is 5.02 Å². The second-order valence-electron chi connectivity index (χ2n) is 5.81. The molecule has 0 radical (unpaired) electrons. The van der Waals surface area contributed by atoms with Crippen LogP contribution < -0.4 is 5.32 Å². The highest BCUT2D eigenvalue weighted by Crippen LogP contribution is 2.27. The van der Waals surface area contributed by atoms with Gasteiger partial charge in [-0.3, -0.25) is 4.79 Å². The second kappa shape index (κ2) is 8.47. The number of pyridine rings is 1. The molecule has 0 saturated carbocycles. The number of anilines is 1. The monoisotopic (exact) mass is 380 g/mol. The lowest BCUT2D eigenvalue weighted by Gasteiger charge is -2.15. The maximum atomic E-state index is 12.5. The van der Waals surface area contributed by atoms with Gasteiger partial charge in [0.2, 0.25) is 0 Å². The van der Waals surface area contributed by atoms with E-state index in [1.165, 1.54) is 19.2 Å². The maximum absolute atomic E-state index is 12.5. The van der Waals surface area contributed by atoms with Crippen LogP contribution in [0.15, 0.2) is 72.9 Å². The molecule has 1 amide bonds. The Balaban J connectivity index is 1.71. The molecule has 0 aliphatic rings. The normalized spacial score (nSPS) is 11.5. The van der Waals surface area contributed by atoms with Gasteiger partial charge in [-0.15, -0.1) is 0 Å². The topological polar surface area (TPSA) is 68.3 Å². The Morgan fingerprint density at radius 2 is 1.74 bits per heavy atom. The zero-order valence-electron chi connectivity index (χ0n) is 14.6. The van der Waals surface area contributed by atoms with Crippen molar-refractivity contribution in [2.45, 2.75) is 13.0 Å². The maximum Gasteiger partial charge on any atom is 0.357 e. The van der Waals surface area contributed by atoms with Crippen LogP contribution in [-0.2, 0) is 9.53 Å². The number of hydrogen-bond acceptors (Lipinski definition) is 4. The van der Waals surface area contributed by atoms with Crippen molar-refractivity contribution in [1.29, 1.82) is 0 Å². The number of benzene rings is 2. The highest BCUT2D eigenvalue weighted by atomic mass is 35.5. The van der Waals surface area contributed by atoms with E-state index in [1.54, 1.807) is 12.1 Å². The lowest BCUT2D eigenvalue weighted by atomic mass is 10.0. The summed E-state index contributed by atoms with van der Waals surface area (Å²) in [6.45, 7) is 1.50. The third-order valence-corrected chi connectivity index (χ3v) is 4.09. The zero-order valence-corrected chi connectivity index (χ0v) is 15.3. The summed E-state index contributed by atoms with van der Waals surface area (Å²) in [6.07, 6.45) is 0.405. The average Bonchev–Trinajstić information content (AvgIpc) is 2.69. The number of carbonyl (C=O) groups excluding carboxylic acids is 2. The third-order valence-electron chi connectivity index (χ3n) is 3.85. The van der Waals surface area contributed by atoms with Crippen LogP contribution >= 0.6 is 11.6 Å². The Bertz CT molecular complexity index is 960. The number of esters is 1. The van der Waals surface area contributed by atoms with E-state index in [2.05, 4.69) is 10.3 Å². The molecule has 136 valence electrons. The Labute approximate surface area is 162 Å². The van der Waals surface area contributed by atoms with Gasteiger partial charge in [-0.05, 0) is 30.7 Å². The fraction of sp³-hybridized carbons (Fsp3) is 0.0952. The number of nitrogens with one attached hydrogen (secondary N) is 1. The number of aromatic nitrogens is 1. The molecule has 0 aliphatic heterocycles. The molecular formula is C21H17ClN2O3. The molecule has 27 heavy (non-hydrogen) atoms. The molecule has 0 bridgehead atoms. The first-order chi connectivity index (χ1) is 13.0. The molecule has 1 aromatic heterocycles. The van der Waals surface area contributed by atoms with Gasteiger partial charge in [0.05, 0.1) is 0 Å². The molecule has 0 aliphatic carbocycles. The fourth-order valence-corrected chi connectivity index (χ4v) is 2.65. The van der Waals surface area contributed by atoms with Gasteiger partial charge in [-0.25, -0.2) is 9.78 Å². The van der Waals surface area contributed by atoms with Crippen LogP contribution in [0.4, 0.5) is 5.69 Å². The Morgan fingerprint density at radius 3 is 2.48 bits per heavy atom. The van der Waals surface area contributed by atoms with Crippen molar-refractivity contribution in [2.75, 3.05) is 5.32 Å². The molecule has 3 aromatic rings. The van der Waals surface area contributed by atoms with Crippen molar-refractivity contribution in [1.82, 2.24) is 4.98 Å². The largest absolute Gasteiger partial charge is 0.448 e. The van der Waals surface area contributed by atoms with E-state index in [0.29, 0.717) is 10.7 Å². The second-order valence-corrected chi connectivity index (χ2v) is 6.24. The summed E-state index contributed by atoms with van der Waals surface area (Å²) in [6, 6.07) is 20.1. The highest BCUT2D eigenvalue weighted by Gasteiger charge is 2.21. The summed E-state index contributed by atoms with van der Waals surface area (Å²) in [5.41, 5.74) is 2.53. The van der Waals surface area contributed by atoms with E-state index in [9.17, 15) is 9.59 Å². The van der Waals surface area contributed by atoms with Crippen molar-refractivity contribution in [3.05, 3.63) is 83.6 Å². The standard InChI is InChI=1S/C21H17ClN2O3/c1-14(27-21(26)19-13-16(22)11-12-23-19)20(25)24-18-10-6-5-9-17(18)15-7-3-2-4-8-15/h2-14H,1H3,(H,24,25)/t14-/m1/s1. The van der Waals surface area contributed by atoms with E-state index in [4.69, 9.17) is 16.3 Å². The summed E-state index contributed by atoms with van der Waals surface area (Å²) >= 11 is 5.84. The minimum Gasteiger partial charge on any atom is -0.448 e. The van der Waals surface area contributed by atoms with Crippen LogP contribution in [0.3, 0.4) is 0 Å². The molecule has 0 fully saturated rings.